The average Bonchev–Trinajstić information content (AvgIpc) is 3.29. The largest absolute Gasteiger partial charge is 1.00 e. The molecule has 0 spiro atoms. The summed E-state index contributed by atoms with van der Waals surface area (Å²) in [6, 6.07) is 0. The van der Waals surface area contributed by atoms with E-state index >= 15 is 0 Å². The van der Waals surface area contributed by atoms with Crippen LogP contribution < -0.4 is 87.8 Å². The number of rotatable bonds is 32. The third-order valence-electron chi connectivity index (χ3n) is 16.7. The van der Waals surface area contributed by atoms with E-state index < -0.39 is 22.0 Å². The molecule has 0 aromatic heterocycles. The molecule has 2 aromatic rings. The monoisotopic (exact) mass is 1120 g/mol. The molecule has 6 atom stereocenters. The molecule has 4 rings (SSSR count). The first-order valence-corrected chi connectivity index (χ1v) is 33.2. The second-order valence-electron chi connectivity index (χ2n) is 25.3. The Balaban J connectivity index is 0.000000741. The maximum atomic E-state index is 11.9. The van der Waals surface area contributed by atoms with Crippen molar-refractivity contribution in [2.75, 3.05) is 26.9 Å². The topological polar surface area (TPSA) is 136 Å². The molecule has 428 valence electrons. The summed E-state index contributed by atoms with van der Waals surface area (Å²) in [5.74, 6) is 8.29. The van der Waals surface area contributed by atoms with Gasteiger partial charge in [-0.3, -0.25) is 9.09 Å². The van der Waals surface area contributed by atoms with Gasteiger partial charge in [-0.1, -0.05) is 145 Å². The van der Waals surface area contributed by atoms with Gasteiger partial charge in [0.15, 0.2) is 21.0 Å². The SMILES string of the molecule is Cc1c(C)c2c(c(C)c1OCOP(=O)([O-])[O-])CCC(C)(CCCC(C)CCCC(C)CCCC(C)C)O2.Cc1c(C)c2c(c(C)c1OCOP(C)(C)=O)CCC(C)(CCCC(C)CCCC(C)CCCC(C)C)O2.[Na+].[Na+]. The number of fused-ring (bicyclic) bond motifs is 2. The average molecular weight is 1120 g/mol. The number of ether oxygens (including phenoxy) is 4. The number of hydrogen-bond acceptors (Lipinski definition) is 10. The molecule has 0 aliphatic carbocycles. The molecular formula is C62H108Na2O10P2. The Morgan fingerprint density at radius 2 is 0.776 bits per heavy atom. The molecule has 10 nitrogen and oxygen atoms in total. The Bertz CT molecular complexity index is 1970. The van der Waals surface area contributed by atoms with Crippen LogP contribution in [-0.2, 0) is 31.0 Å². The van der Waals surface area contributed by atoms with Gasteiger partial charge >= 0.3 is 59.1 Å². The minimum absolute atomic E-state index is 0. The van der Waals surface area contributed by atoms with Crippen LogP contribution in [0.3, 0.4) is 0 Å². The minimum atomic E-state index is -5.07. The van der Waals surface area contributed by atoms with Gasteiger partial charge in [-0.25, -0.2) is 0 Å². The van der Waals surface area contributed by atoms with E-state index in [4.69, 9.17) is 23.5 Å². The van der Waals surface area contributed by atoms with Crippen molar-refractivity contribution in [2.45, 2.75) is 263 Å². The van der Waals surface area contributed by atoms with Gasteiger partial charge in [0.1, 0.15) is 34.2 Å². The van der Waals surface area contributed by atoms with E-state index in [0.717, 1.165) is 137 Å². The molecule has 0 saturated heterocycles. The van der Waals surface area contributed by atoms with Crippen LogP contribution in [0.5, 0.6) is 23.0 Å². The molecule has 2 heterocycles. The van der Waals surface area contributed by atoms with Crippen LogP contribution in [0.1, 0.15) is 242 Å². The summed E-state index contributed by atoms with van der Waals surface area (Å²) in [7, 11) is -7.64. The molecule has 0 bridgehead atoms. The van der Waals surface area contributed by atoms with Crippen molar-refractivity contribution in [3.05, 3.63) is 44.5 Å². The van der Waals surface area contributed by atoms with Crippen molar-refractivity contribution in [1.29, 1.82) is 0 Å². The van der Waals surface area contributed by atoms with E-state index in [2.05, 4.69) is 94.5 Å². The number of hydrogen-bond donors (Lipinski definition) is 0. The molecule has 0 saturated carbocycles. The molecule has 14 heteroatoms. The zero-order valence-electron chi connectivity index (χ0n) is 52.4. The molecule has 0 radical (unpaired) electrons. The summed E-state index contributed by atoms with van der Waals surface area (Å²) >= 11 is 0. The van der Waals surface area contributed by atoms with Crippen molar-refractivity contribution in [3.63, 3.8) is 0 Å². The quantitative estimate of drug-likeness (QED) is 0.0396. The fourth-order valence-corrected chi connectivity index (χ4v) is 11.8. The maximum Gasteiger partial charge on any atom is 1.00 e. The zero-order valence-corrected chi connectivity index (χ0v) is 58.2. The maximum absolute atomic E-state index is 11.9. The van der Waals surface area contributed by atoms with Crippen LogP contribution in [0.15, 0.2) is 0 Å². The van der Waals surface area contributed by atoms with Gasteiger partial charge < -0.3 is 37.8 Å². The summed E-state index contributed by atoms with van der Waals surface area (Å²) in [5, 5.41) is 0. The molecule has 2 aliphatic rings. The molecule has 0 amide bonds. The predicted molar refractivity (Wildman–Crippen MR) is 306 cm³/mol. The van der Waals surface area contributed by atoms with Crippen LogP contribution in [0.25, 0.3) is 0 Å². The molecule has 2 aromatic carbocycles. The third-order valence-corrected chi connectivity index (χ3v) is 17.8. The molecular weight excluding hydrogens is 1010 g/mol. The van der Waals surface area contributed by atoms with Gasteiger partial charge in [-0.05, 0) is 176 Å². The first kappa shape index (κ1) is 74.0. The van der Waals surface area contributed by atoms with Gasteiger partial charge in [-0.2, -0.15) is 0 Å². The predicted octanol–water partition coefficient (Wildman–Crippen LogP) is 11.3. The van der Waals surface area contributed by atoms with Gasteiger partial charge in [0.2, 0.25) is 0 Å². The van der Waals surface area contributed by atoms with Crippen molar-refractivity contribution in [2.24, 2.45) is 35.5 Å². The first-order valence-electron chi connectivity index (χ1n) is 29.2. The van der Waals surface area contributed by atoms with Gasteiger partial charge in [0, 0.05) is 24.5 Å². The second-order valence-corrected chi connectivity index (χ2v) is 29.2. The van der Waals surface area contributed by atoms with Crippen LogP contribution in [-0.4, -0.2) is 38.1 Å². The van der Waals surface area contributed by atoms with Crippen LogP contribution in [0, 0.1) is 77.0 Å². The molecule has 2 aliphatic heterocycles. The third kappa shape index (κ3) is 26.5. The van der Waals surface area contributed by atoms with E-state index in [9.17, 15) is 18.9 Å². The Kier molecular flexibility index (Phi) is 34.2. The minimum Gasteiger partial charge on any atom is -0.790 e. The van der Waals surface area contributed by atoms with E-state index in [1.54, 1.807) is 13.3 Å². The summed E-state index contributed by atoms with van der Waals surface area (Å²) in [6.45, 7) is 38.3. The van der Waals surface area contributed by atoms with Gasteiger partial charge in [-0.15, -0.1) is 0 Å². The molecule has 76 heavy (non-hydrogen) atoms. The fraction of sp³-hybridized carbons (Fsp3) is 0.806. The van der Waals surface area contributed by atoms with Crippen molar-refractivity contribution >= 4 is 15.2 Å². The van der Waals surface area contributed by atoms with E-state index in [1.807, 2.05) is 20.8 Å². The van der Waals surface area contributed by atoms with E-state index in [1.165, 1.54) is 102 Å². The second kappa shape index (κ2) is 35.2. The van der Waals surface area contributed by atoms with Crippen molar-refractivity contribution in [1.82, 2.24) is 0 Å². The molecule has 0 fully saturated rings. The summed E-state index contributed by atoms with van der Waals surface area (Å²) in [6.07, 6.45) is 27.2. The van der Waals surface area contributed by atoms with E-state index in [-0.39, 0.29) is 77.1 Å². The van der Waals surface area contributed by atoms with Crippen LogP contribution in [0.2, 0.25) is 0 Å². The van der Waals surface area contributed by atoms with E-state index in [0.29, 0.717) is 5.75 Å². The first-order chi connectivity index (χ1) is 34.4. The summed E-state index contributed by atoms with van der Waals surface area (Å²) in [4.78, 5) is 21.5. The number of benzene rings is 2. The fourth-order valence-electron chi connectivity index (χ4n) is 11.3. The smallest absolute Gasteiger partial charge is 0.790 e. The molecule has 0 N–H and O–H groups in total. The Labute approximate surface area is 510 Å². The van der Waals surface area contributed by atoms with Crippen LogP contribution >= 0.6 is 15.2 Å². The van der Waals surface area contributed by atoms with Crippen molar-refractivity contribution < 1.29 is 106 Å². The standard InChI is InChI=1S/C32H57O4P.C30H53O6P.2Na/c1-23(2)14-11-15-24(3)16-12-17-25(4)18-13-20-32(8)21-19-29-28(7)30(34-22-35-37(9,10)33)26(5)27(6)31(29)36-32;1-21(2)12-9-13-22(3)14-10-15-23(4)16-11-18-30(8)19-17-27-26(7)28(34-20-35-37(31,32)33)24(5)25(6)29(27)36-30;;/h23-25H,11-22H2,1-10H3;21-23H,9-20H2,1-8H3,(H2,31,32,33);;/q;;2*+1/p-2. The summed E-state index contributed by atoms with van der Waals surface area (Å²) < 4.78 is 57.2. The summed E-state index contributed by atoms with van der Waals surface area (Å²) in [5.41, 5.74) is 8.19. The number of phosphoric ester groups is 1. The van der Waals surface area contributed by atoms with Crippen molar-refractivity contribution in [3.8, 4) is 23.0 Å². The Hall–Kier alpha value is -0.0600. The normalized spacial score (nSPS) is 18.9. The Morgan fingerprint density at radius 1 is 0.474 bits per heavy atom. The Morgan fingerprint density at radius 3 is 1.08 bits per heavy atom. The van der Waals surface area contributed by atoms with Gasteiger partial charge in [0.05, 0.1) is 7.82 Å². The van der Waals surface area contributed by atoms with Gasteiger partial charge in [0.25, 0.3) is 0 Å². The number of phosphoric acid groups is 1. The zero-order chi connectivity index (χ0) is 55.6. The molecule has 6 unspecified atom stereocenters. The van der Waals surface area contributed by atoms with Crippen LogP contribution in [0.4, 0.5) is 0 Å².